The Hall–Kier alpha value is -3.07. The third-order valence-corrected chi connectivity index (χ3v) is 4.93. The minimum Gasteiger partial charge on any atom is -0.322 e. The molecule has 1 N–H and O–H groups in total. The predicted molar refractivity (Wildman–Crippen MR) is 103 cm³/mol. The highest BCUT2D eigenvalue weighted by Gasteiger charge is 2.30. The number of piperazine rings is 1. The summed E-state index contributed by atoms with van der Waals surface area (Å²) in [5.74, 6) is 0. The van der Waals surface area contributed by atoms with Crippen molar-refractivity contribution in [2.24, 2.45) is 0 Å². The second-order valence-electron chi connectivity index (χ2n) is 6.97. The van der Waals surface area contributed by atoms with E-state index in [2.05, 4.69) is 15.3 Å². The number of amides is 2. The summed E-state index contributed by atoms with van der Waals surface area (Å²) < 4.78 is 39.7. The van der Waals surface area contributed by atoms with Gasteiger partial charge in [-0.05, 0) is 42.5 Å². The summed E-state index contributed by atoms with van der Waals surface area (Å²) >= 11 is 0. The molecular formula is C20H20F3N5O. The van der Waals surface area contributed by atoms with Crippen LogP contribution in [-0.2, 0) is 12.7 Å². The Bertz CT molecular complexity index is 958. The minimum atomic E-state index is -4.39. The highest BCUT2D eigenvalue weighted by molar-refractivity contribution is 5.89. The van der Waals surface area contributed by atoms with Crippen LogP contribution in [0.25, 0.3) is 5.52 Å². The van der Waals surface area contributed by atoms with Crippen LogP contribution in [0.1, 0.15) is 11.3 Å². The Balaban J connectivity index is 1.29. The van der Waals surface area contributed by atoms with Gasteiger partial charge in [-0.1, -0.05) is 6.07 Å². The summed E-state index contributed by atoms with van der Waals surface area (Å²) in [7, 11) is 0. The lowest BCUT2D eigenvalue weighted by Crippen LogP contribution is -2.49. The van der Waals surface area contributed by atoms with Crippen LogP contribution in [-0.4, -0.2) is 51.6 Å². The number of benzene rings is 1. The molecule has 2 aromatic heterocycles. The number of carbonyl (C=O) groups is 1. The van der Waals surface area contributed by atoms with Crippen molar-refractivity contribution < 1.29 is 18.0 Å². The first kappa shape index (κ1) is 19.3. The van der Waals surface area contributed by atoms with E-state index in [-0.39, 0.29) is 6.03 Å². The van der Waals surface area contributed by atoms with Crippen molar-refractivity contribution >= 4 is 17.2 Å². The zero-order valence-electron chi connectivity index (χ0n) is 15.6. The standard InChI is InChI=1S/C20H20F3N5O/c21-20(22,23)15-4-6-16(7-5-15)24-19(29)27-11-9-26(10-12-27)14-17-13-18-3-1-2-8-28(18)25-17/h1-8,13H,9-12,14H2,(H,24,29). The summed E-state index contributed by atoms with van der Waals surface area (Å²) in [5.41, 5.74) is 1.61. The van der Waals surface area contributed by atoms with E-state index in [1.165, 1.54) is 12.1 Å². The van der Waals surface area contributed by atoms with Crippen LogP contribution in [0.4, 0.5) is 23.7 Å². The maximum atomic E-state index is 12.6. The van der Waals surface area contributed by atoms with Gasteiger partial charge in [0.1, 0.15) is 0 Å². The molecule has 0 aliphatic carbocycles. The number of aromatic nitrogens is 2. The number of halogens is 3. The normalized spacial score (nSPS) is 15.6. The van der Waals surface area contributed by atoms with Gasteiger partial charge in [0.05, 0.1) is 16.8 Å². The van der Waals surface area contributed by atoms with Crippen molar-refractivity contribution in [2.75, 3.05) is 31.5 Å². The van der Waals surface area contributed by atoms with E-state index in [0.717, 1.165) is 23.3 Å². The number of fused-ring (bicyclic) bond motifs is 1. The van der Waals surface area contributed by atoms with Gasteiger partial charge in [0.15, 0.2) is 0 Å². The van der Waals surface area contributed by atoms with Crippen LogP contribution < -0.4 is 5.32 Å². The Morgan fingerprint density at radius 1 is 1.03 bits per heavy atom. The number of hydrogen-bond acceptors (Lipinski definition) is 3. The lowest BCUT2D eigenvalue weighted by molar-refractivity contribution is -0.137. The average molecular weight is 403 g/mol. The largest absolute Gasteiger partial charge is 0.416 e. The molecule has 1 fully saturated rings. The molecule has 1 aliphatic heterocycles. The van der Waals surface area contributed by atoms with E-state index < -0.39 is 11.7 Å². The van der Waals surface area contributed by atoms with Gasteiger partial charge in [-0.2, -0.15) is 18.3 Å². The Kier molecular flexibility index (Phi) is 5.14. The highest BCUT2D eigenvalue weighted by Crippen LogP contribution is 2.29. The first-order valence-corrected chi connectivity index (χ1v) is 9.27. The molecule has 2 amide bonds. The first-order valence-electron chi connectivity index (χ1n) is 9.27. The van der Waals surface area contributed by atoms with E-state index in [9.17, 15) is 18.0 Å². The van der Waals surface area contributed by atoms with E-state index in [4.69, 9.17) is 0 Å². The quantitative estimate of drug-likeness (QED) is 0.726. The summed E-state index contributed by atoms with van der Waals surface area (Å²) in [6.45, 7) is 3.19. The molecule has 0 atom stereocenters. The lowest BCUT2D eigenvalue weighted by Gasteiger charge is -2.34. The highest BCUT2D eigenvalue weighted by atomic mass is 19.4. The third-order valence-electron chi connectivity index (χ3n) is 4.93. The van der Waals surface area contributed by atoms with E-state index in [0.29, 0.717) is 38.4 Å². The molecule has 3 heterocycles. The fourth-order valence-corrected chi connectivity index (χ4v) is 3.35. The van der Waals surface area contributed by atoms with Crippen molar-refractivity contribution in [3.63, 3.8) is 0 Å². The molecule has 152 valence electrons. The van der Waals surface area contributed by atoms with E-state index >= 15 is 0 Å². The van der Waals surface area contributed by atoms with Gasteiger partial charge in [-0.3, -0.25) is 4.90 Å². The molecule has 9 heteroatoms. The molecule has 0 radical (unpaired) electrons. The zero-order chi connectivity index (χ0) is 20.4. The van der Waals surface area contributed by atoms with Crippen LogP contribution in [0.15, 0.2) is 54.7 Å². The van der Waals surface area contributed by atoms with Crippen molar-refractivity contribution in [3.05, 3.63) is 66.0 Å². The van der Waals surface area contributed by atoms with E-state index in [1.54, 1.807) is 4.90 Å². The first-order chi connectivity index (χ1) is 13.9. The Morgan fingerprint density at radius 2 is 1.76 bits per heavy atom. The molecular weight excluding hydrogens is 383 g/mol. The minimum absolute atomic E-state index is 0.308. The fourth-order valence-electron chi connectivity index (χ4n) is 3.35. The number of hydrogen-bond donors (Lipinski definition) is 1. The lowest BCUT2D eigenvalue weighted by atomic mass is 10.2. The molecule has 1 aliphatic rings. The number of pyridine rings is 1. The van der Waals surface area contributed by atoms with Crippen LogP contribution in [0.2, 0.25) is 0 Å². The number of urea groups is 1. The van der Waals surface area contributed by atoms with Gasteiger partial charge in [0.2, 0.25) is 0 Å². The number of rotatable bonds is 3. The van der Waals surface area contributed by atoms with Crippen LogP contribution in [0, 0.1) is 0 Å². The molecule has 0 unspecified atom stereocenters. The van der Waals surface area contributed by atoms with Crippen molar-refractivity contribution in [1.82, 2.24) is 19.4 Å². The fraction of sp³-hybridized carbons (Fsp3) is 0.300. The molecule has 3 aromatic rings. The van der Waals surface area contributed by atoms with Gasteiger partial charge < -0.3 is 10.2 Å². The van der Waals surface area contributed by atoms with Gasteiger partial charge in [-0.25, -0.2) is 9.31 Å². The number of carbonyl (C=O) groups excluding carboxylic acids is 1. The third kappa shape index (κ3) is 4.51. The van der Waals surface area contributed by atoms with Crippen LogP contribution in [0.3, 0.4) is 0 Å². The van der Waals surface area contributed by atoms with Gasteiger partial charge in [0.25, 0.3) is 0 Å². The van der Waals surface area contributed by atoms with E-state index in [1.807, 2.05) is 35.0 Å². The second-order valence-corrected chi connectivity index (χ2v) is 6.97. The molecule has 0 saturated carbocycles. The Morgan fingerprint density at radius 3 is 2.41 bits per heavy atom. The Labute approximate surface area is 165 Å². The molecule has 1 aromatic carbocycles. The summed E-state index contributed by atoms with van der Waals surface area (Å²) in [4.78, 5) is 16.3. The molecule has 4 rings (SSSR count). The van der Waals surface area contributed by atoms with Gasteiger partial charge >= 0.3 is 12.2 Å². The summed E-state index contributed by atoms with van der Waals surface area (Å²) in [6.07, 6.45) is -2.48. The molecule has 0 bridgehead atoms. The summed E-state index contributed by atoms with van der Waals surface area (Å²) in [6, 6.07) is 12.1. The second kappa shape index (κ2) is 7.75. The SMILES string of the molecule is O=C(Nc1ccc(C(F)(F)F)cc1)N1CCN(Cc2cc3ccccn3n2)CC1. The van der Waals surface area contributed by atoms with Crippen molar-refractivity contribution in [3.8, 4) is 0 Å². The molecule has 1 saturated heterocycles. The maximum Gasteiger partial charge on any atom is 0.416 e. The number of nitrogens with one attached hydrogen (secondary N) is 1. The van der Waals surface area contributed by atoms with Crippen LogP contribution >= 0.6 is 0 Å². The molecule has 0 spiro atoms. The average Bonchev–Trinajstić information content (AvgIpc) is 3.10. The molecule has 29 heavy (non-hydrogen) atoms. The number of nitrogens with zero attached hydrogens (tertiary/aromatic N) is 4. The zero-order valence-corrected chi connectivity index (χ0v) is 15.6. The number of alkyl halides is 3. The topological polar surface area (TPSA) is 52.9 Å². The summed E-state index contributed by atoms with van der Waals surface area (Å²) in [5, 5.41) is 7.20. The van der Waals surface area contributed by atoms with Gasteiger partial charge in [0, 0.05) is 44.6 Å². The smallest absolute Gasteiger partial charge is 0.322 e. The maximum absolute atomic E-state index is 12.6. The predicted octanol–water partition coefficient (Wildman–Crippen LogP) is 3.70. The van der Waals surface area contributed by atoms with Crippen LogP contribution in [0.5, 0.6) is 0 Å². The number of anilines is 1. The molecule has 6 nitrogen and oxygen atoms in total. The monoisotopic (exact) mass is 403 g/mol. The van der Waals surface area contributed by atoms with Crippen molar-refractivity contribution in [2.45, 2.75) is 12.7 Å². The van der Waals surface area contributed by atoms with Crippen molar-refractivity contribution in [1.29, 1.82) is 0 Å². The van der Waals surface area contributed by atoms with Gasteiger partial charge in [-0.15, -0.1) is 0 Å².